The summed E-state index contributed by atoms with van der Waals surface area (Å²) in [4.78, 5) is 77.8. The summed E-state index contributed by atoms with van der Waals surface area (Å²) in [6.45, 7) is 6.02. The van der Waals surface area contributed by atoms with Gasteiger partial charge < -0.3 is 10.1 Å². The first-order valence-corrected chi connectivity index (χ1v) is 15.8. The van der Waals surface area contributed by atoms with Gasteiger partial charge in [-0.05, 0) is 57.7 Å². The SMILES string of the molecule is CC(C)(C)OC(=O)NCCCCCCCC(=O)CCc1ccc2c(=O)c3sc4c(=O)c5ccccc5c(=O)c4c3c(=O)c2c1. The number of thiophene rings is 1. The van der Waals surface area contributed by atoms with Crippen molar-refractivity contribution in [3.8, 4) is 0 Å². The molecule has 0 aliphatic rings. The van der Waals surface area contributed by atoms with Crippen molar-refractivity contribution in [3.63, 3.8) is 0 Å². The number of hydrogen-bond donors (Lipinski definition) is 1. The molecule has 5 aromatic rings. The van der Waals surface area contributed by atoms with Gasteiger partial charge in [0.25, 0.3) is 0 Å². The zero-order valence-corrected chi connectivity index (χ0v) is 26.0. The average molecular weight is 614 g/mol. The quantitative estimate of drug-likeness (QED) is 0.180. The Morgan fingerprint density at radius 2 is 1.27 bits per heavy atom. The van der Waals surface area contributed by atoms with E-state index >= 15 is 0 Å². The van der Waals surface area contributed by atoms with Crippen molar-refractivity contribution in [1.29, 1.82) is 0 Å². The van der Waals surface area contributed by atoms with E-state index in [2.05, 4.69) is 5.32 Å². The highest BCUT2D eigenvalue weighted by molar-refractivity contribution is 7.25. The molecule has 0 saturated carbocycles. The number of amides is 1. The number of unbranched alkanes of at least 4 members (excludes halogenated alkanes) is 4. The summed E-state index contributed by atoms with van der Waals surface area (Å²) >= 11 is 0.917. The second-order valence-electron chi connectivity index (χ2n) is 12.2. The second-order valence-corrected chi connectivity index (χ2v) is 13.3. The lowest BCUT2D eigenvalue weighted by molar-refractivity contribution is -0.119. The fraction of sp³-hybridized carbons (Fsp3) is 0.371. The van der Waals surface area contributed by atoms with Crippen LogP contribution in [0.1, 0.15) is 71.3 Å². The number of ether oxygens (including phenoxy) is 1. The Balaban J connectivity index is 1.21. The topological polar surface area (TPSA) is 124 Å². The number of carbonyl (C=O) groups is 2. The van der Waals surface area contributed by atoms with Gasteiger partial charge in [-0.1, -0.05) is 49.6 Å². The van der Waals surface area contributed by atoms with Crippen LogP contribution in [0.3, 0.4) is 0 Å². The minimum Gasteiger partial charge on any atom is -0.444 e. The van der Waals surface area contributed by atoms with Crippen LogP contribution in [0, 0.1) is 0 Å². The Bertz CT molecular complexity index is 2110. The zero-order chi connectivity index (χ0) is 31.6. The van der Waals surface area contributed by atoms with E-state index in [1.807, 2.05) is 20.8 Å². The molecule has 0 spiro atoms. The van der Waals surface area contributed by atoms with Crippen molar-refractivity contribution in [1.82, 2.24) is 5.32 Å². The summed E-state index contributed by atoms with van der Waals surface area (Å²) in [6, 6.07) is 11.5. The van der Waals surface area contributed by atoms with Crippen LogP contribution in [0.2, 0.25) is 0 Å². The largest absolute Gasteiger partial charge is 0.444 e. The van der Waals surface area contributed by atoms with Crippen LogP contribution in [-0.2, 0) is 16.0 Å². The Kier molecular flexibility index (Phi) is 9.06. The van der Waals surface area contributed by atoms with Crippen molar-refractivity contribution < 1.29 is 14.3 Å². The van der Waals surface area contributed by atoms with Crippen LogP contribution in [0.4, 0.5) is 4.79 Å². The van der Waals surface area contributed by atoms with Crippen molar-refractivity contribution in [2.75, 3.05) is 6.54 Å². The molecule has 0 bridgehead atoms. The van der Waals surface area contributed by atoms with Gasteiger partial charge in [0, 0.05) is 40.9 Å². The van der Waals surface area contributed by atoms with Gasteiger partial charge in [-0.3, -0.25) is 24.0 Å². The standard InChI is InChI=1S/C35H35NO7S/c1-35(2,3)43-34(42)36-18-10-6-4-5-7-11-21(37)16-14-20-15-17-24-25(19-20)29(39)27-26-28(38)22-12-8-9-13-23(22)30(40)32(26)44-33(27)31(24)41/h8-9,12-13,15,17,19H,4-7,10-11,14,16,18H2,1-3H3,(H,36,42). The summed E-state index contributed by atoms with van der Waals surface area (Å²) in [5.41, 5.74) is -1.34. The van der Waals surface area contributed by atoms with Gasteiger partial charge in [-0.2, -0.15) is 0 Å². The fourth-order valence-electron chi connectivity index (χ4n) is 5.60. The maximum atomic E-state index is 13.7. The van der Waals surface area contributed by atoms with E-state index in [0.29, 0.717) is 25.8 Å². The van der Waals surface area contributed by atoms with Crippen molar-refractivity contribution in [2.24, 2.45) is 0 Å². The van der Waals surface area contributed by atoms with Gasteiger partial charge in [-0.25, -0.2) is 4.79 Å². The van der Waals surface area contributed by atoms with Gasteiger partial charge in [0.05, 0.1) is 20.2 Å². The molecule has 5 rings (SSSR count). The van der Waals surface area contributed by atoms with Gasteiger partial charge in [0.2, 0.25) is 10.9 Å². The number of ketones is 1. The van der Waals surface area contributed by atoms with Crippen molar-refractivity contribution in [3.05, 3.63) is 88.9 Å². The minimum atomic E-state index is -0.515. The van der Waals surface area contributed by atoms with Crippen LogP contribution in [0.25, 0.3) is 41.7 Å². The number of nitrogens with one attached hydrogen (secondary N) is 1. The molecule has 228 valence electrons. The molecule has 1 N–H and O–H groups in total. The monoisotopic (exact) mass is 613 g/mol. The molecule has 9 heteroatoms. The number of fused-ring (bicyclic) bond motifs is 5. The number of hydrogen-bond acceptors (Lipinski definition) is 8. The summed E-state index contributed by atoms with van der Waals surface area (Å²) in [7, 11) is 0. The molecule has 1 aromatic heterocycles. The van der Waals surface area contributed by atoms with Crippen LogP contribution in [0.15, 0.2) is 61.6 Å². The number of rotatable bonds is 11. The molecular weight excluding hydrogens is 578 g/mol. The predicted octanol–water partition coefficient (Wildman–Crippen LogP) is 6.04. The van der Waals surface area contributed by atoms with E-state index in [9.17, 15) is 28.8 Å². The van der Waals surface area contributed by atoms with Crippen LogP contribution < -0.4 is 27.0 Å². The van der Waals surface area contributed by atoms with Crippen LogP contribution >= 0.6 is 11.3 Å². The van der Waals surface area contributed by atoms with Gasteiger partial charge in [-0.15, -0.1) is 11.3 Å². The Labute approximate surface area is 257 Å². The molecule has 0 fully saturated rings. The molecule has 4 aromatic carbocycles. The highest BCUT2D eigenvalue weighted by Crippen LogP contribution is 2.29. The molecule has 0 unspecified atom stereocenters. The Hall–Kier alpha value is -4.24. The molecule has 0 atom stereocenters. The average Bonchev–Trinajstić information content (AvgIpc) is 3.40. The van der Waals surface area contributed by atoms with Crippen LogP contribution in [0.5, 0.6) is 0 Å². The predicted molar refractivity (Wildman–Crippen MR) is 177 cm³/mol. The number of aryl methyl sites for hydroxylation is 1. The van der Waals surface area contributed by atoms with E-state index in [-0.39, 0.29) is 58.4 Å². The lowest BCUT2D eigenvalue weighted by Crippen LogP contribution is -2.32. The van der Waals surface area contributed by atoms with E-state index in [1.54, 1.807) is 42.5 Å². The second kappa shape index (κ2) is 12.8. The third kappa shape index (κ3) is 6.48. The first-order valence-electron chi connectivity index (χ1n) is 15.0. The summed E-state index contributed by atoms with van der Waals surface area (Å²) in [5, 5.41) is 3.75. The first kappa shape index (κ1) is 31.2. The highest BCUT2D eigenvalue weighted by atomic mass is 32.1. The van der Waals surface area contributed by atoms with Crippen molar-refractivity contribution >= 4 is 64.9 Å². The Morgan fingerprint density at radius 3 is 1.93 bits per heavy atom. The lowest BCUT2D eigenvalue weighted by Gasteiger charge is -2.19. The van der Waals surface area contributed by atoms with Gasteiger partial charge in [0.15, 0.2) is 10.9 Å². The molecule has 0 radical (unpaired) electrons. The number of alkyl carbamates (subject to hydrolysis) is 1. The number of Topliss-reactive ketones (excluding diaryl/α,β-unsaturated/α-hetero) is 1. The molecule has 44 heavy (non-hydrogen) atoms. The fourth-order valence-corrected chi connectivity index (χ4v) is 6.80. The first-order chi connectivity index (χ1) is 21.0. The number of benzene rings is 4. The third-order valence-corrected chi connectivity index (χ3v) is 8.94. The summed E-state index contributed by atoms with van der Waals surface area (Å²) in [5.74, 6) is 0.133. The zero-order valence-electron chi connectivity index (χ0n) is 25.2. The minimum absolute atomic E-state index is 0.0178. The molecule has 1 amide bonds. The maximum Gasteiger partial charge on any atom is 0.407 e. The smallest absolute Gasteiger partial charge is 0.407 e. The molecule has 0 aliphatic heterocycles. The molecular formula is C35H35NO7S. The van der Waals surface area contributed by atoms with Gasteiger partial charge >= 0.3 is 6.09 Å². The Morgan fingerprint density at radius 1 is 0.705 bits per heavy atom. The molecule has 8 nitrogen and oxygen atoms in total. The molecule has 0 saturated heterocycles. The summed E-state index contributed by atoms with van der Waals surface area (Å²) in [6.07, 6.45) is 5.30. The van der Waals surface area contributed by atoms with E-state index < -0.39 is 22.6 Å². The summed E-state index contributed by atoms with van der Waals surface area (Å²) < 4.78 is 5.47. The van der Waals surface area contributed by atoms with Crippen LogP contribution in [-0.4, -0.2) is 24.0 Å². The maximum absolute atomic E-state index is 13.7. The van der Waals surface area contributed by atoms with E-state index in [1.165, 1.54) is 0 Å². The van der Waals surface area contributed by atoms with E-state index in [0.717, 1.165) is 49.0 Å². The lowest BCUT2D eigenvalue weighted by atomic mass is 9.98. The van der Waals surface area contributed by atoms with E-state index in [4.69, 9.17) is 4.74 Å². The highest BCUT2D eigenvalue weighted by Gasteiger charge is 2.22. The normalized spacial score (nSPS) is 12.0. The molecule has 1 heterocycles. The van der Waals surface area contributed by atoms with Gasteiger partial charge in [0.1, 0.15) is 11.4 Å². The number of carbonyl (C=O) groups excluding carboxylic acids is 2. The van der Waals surface area contributed by atoms with Crippen molar-refractivity contribution in [2.45, 2.75) is 77.7 Å². The molecule has 0 aliphatic carbocycles. The third-order valence-electron chi connectivity index (χ3n) is 7.76.